The number of amides is 2. The van der Waals surface area contributed by atoms with Crippen LogP contribution in [0.4, 0.5) is 4.39 Å². The molecule has 0 fully saturated rings. The molecule has 132 valence electrons. The highest BCUT2D eigenvalue weighted by Gasteiger charge is 2.19. The van der Waals surface area contributed by atoms with Crippen molar-refractivity contribution in [2.75, 3.05) is 0 Å². The fourth-order valence-corrected chi connectivity index (χ4v) is 2.36. The topological polar surface area (TPSA) is 98.2 Å². The molecular formula is C19H16FN3O3. The van der Waals surface area contributed by atoms with Crippen molar-refractivity contribution in [3.05, 3.63) is 66.1 Å². The summed E-state index contributed by atoms with van der Waals surface area (Å²) in [5, 5.41) is 2.53. The van der Waals surface area contributed by atoms with Crippen molar-refractivity contribution in [3.8, 4) is 22.8 Å². The number of halogens is 1. The fraction of sp³-hybridized carbons (Fsp3) is 0.105. The smallest absolute Gasteiger partial charge is 0.252 e. The molecule has 0 radical (unpaired) electrons. The Bertz CT molecular complexity index is 951. The average Bonchev–Trinajstić information content (AvgIpc) is 3.12. The third-order valence-corrected chi connectivity index (χ3v) is 3.81. The molecule has 3 rings (SSSR count). The summed E-state index contributed by atoms with van der Waals surface area (Å²) in [6, 6.07) is 11.7. The molecule has 3 N–H and O–H groups in total. The second kappa shape index (κ2) is 7.18. The van der Waals surface area contributed by atoms with Crippen LogP contribution in [-0.2, 0) is 4.79 Å². The summed E-state index contributed by atoms with van der Waals surface area (Å²) in [5.41, 5.74) is 6.61. The van der Waals surface area contributed by atoms with Crippen molar-refractivity contribution < 1.29 is 18.4 Å². The molecule has 2 amide bonds. The zero-order chi connectivity index (χ0) is 18.7. The van der Waals surface area contributed by atoms with Gasteiger partial charge >= 0.3 is 0 Å². The molecule has 0 spiro atoms. The number of carbonyl (C=O) groups excluding carboxylic acids is 2. The molecule has 1 atom stereocenters. The summed E-state index contributed by atoms with van der Waals surface area (Å²) in [7, 11) is 0. The van der Waals surface area contributed by atoms with Gasteiger partial charge in [0.1, 0.15) is 11.9 Å². The third kappa shape index (κ3) is 3.61. The highest BCUT2D eigenvalue weighted by Crippen LogP contribution is 2.28. The Labute approximate surface area is 148 Å². The molecule has 6 nitrogen and oxygen atoms in total. The first-order valence-electron chi connectivity index (χ1n) is 7.87. The molecule has 0 saturated heterocycles. The lowest BCUT2D eigenvalue weighted by molar-refractivity contribution is -0.119. The van der Waals surface area contributed by atoms with Gasteiger partial charge in [0.15, 0.2) is 5.76 Å². The number of oxazole rings is 1. The first-order chi connectivity index (χ1) is 12.5. The van der Waals surface area contributed by atoms with Crippen molar-refractivity contribution >= 4 is 11.8 Å². The summed E-state index contributed by atoms with van der Waals surface area (Å²) in [5.74, 6) is -0.763. The lowest BCUT2D eigenvalue weighted by atomic mass is 10.1. The Morgan fingerprint density at radius 3 is 2.54 bits per heavy atom. The standard InChI is InChI=1S/C19H16FN3O3/c1-11(17(21)24)23-18(25)14-4-2-3-5-15(14)19-22-10-16(26-19)12-6-8-13(20)9-7-12/h2-11H,1H3,(H2,21,24)(H,23,25)/t11-/m1/s1. The van der Waals surface area contributed by atoms with Crippen LogP contribution in [0.1, 0.15) is 17.3 Å². The molecule has 0 unspecified atom stereocenters. The van der Waals surface area contributed by atoms with Gasteiger partial charge in [-0.15, -0.1) is 0 Å². The minimum absolute atomic E-state index is 0.238. The van der Waals surface area contributed by atoms with Gasteiger partial charge in [-0.2, -0.15) is 0 Å². The Balaban J connectivity index is 1.92. The van der Waals surface area contributed by atoms with Crippen LogP contribution in [0.5, 0.6) is 0 Å². The predicted octanol–water partition coefficient (Wildman–Crippen LogP) is 2.75. The van der Waals surface area contributed by atoms with Gasteiger partial charge in [-0.05, 0) is 43.3 Å². The van der Waals surface area contributed by atoms with Crippen LogP contribution in [0.2, 0.25) is 0 Å². The molecule has 0 aliphatic carbocycles. The molecule has 3 aromatic rings. The maximum Gasteiger partial charge on any atom is 0.252 e. The van der Waals surface area contributed by atoms with E-state index in [-0.39, 0.29) is 11.7 Å². The highest BCUT2D eigenvalue weighted by molar-refractivity contribution is 6.01. The Kier molecular flexibility index (Phi) is 4.79. The second-order valence-electron chi connectivity index (χ2n) is 5.68. The number of benzene rings is 2. The van der Waals surface area contributed by atoms with E-state index < -0.39 is 17.9 Å². The van der Waals surface area contributed by atoms with Crippen LogP contribution in [-0.4, -0.2) is 22.8 Å². The first-order valence-corrected chi connectivity index (χ1v) is 7.87. The van der Waals surface area contributed by atoms with E-state index in [9.17, 15) is 14.0 Å². The van der Waals surface area contributed by atoms with E-state index in [0.29, 0.717) is 22.5 Å². The predicted molar refractivity (Wildman–Crippen MR) is 93.5 cm³/mol. The van der Waals surface area contributed by atoms with Crippen molar-refractivity contribution in [1.29, 1.82) is 0 Å². The van der Waals surface area contributed by atoms with Gasteiger partial charge in [-0.1, -0.05) is 12.1 Å². The van der Waals surface area contributed by atoms with Gasteiger partial charge in [0.05, 0.1) is 11.8 Å². The maximum atomic E-state index is 13.1. The normalized spacial score (nSPS) is 11.8. The molecule has 0 aliphatic rings. The summed E-state index contributed by atoms with van der Waals surface area (Å²) in [6.45, 7) is 1.50. The van der Waals surface area contributed by atoms with Crippen molar-refractivity contribution in [2.24, 2.45) is 5.73 Å². The van der Waals surface area contributed by atoms with Gasteiger partial charge in [0, 0.05) is 11.1 Å². The summed E-state index contributed by atoms with van der Waals surface area (Å²) in [6.07, 6.45) is 1.50. The van der Waals surface area contributed by atoms with E-state index in [4.69, 9.17) is 10.2 Å². The van der Waals surface area contributed by atoms with Gasteiger partial charge in [-0.3, -0.25) is 9.59 Å². The number of carbonyl (C=O) groups is 2. The molecule has 0 aliphatic heterocycles. The molecule has 1 heterocycles. The number of aromatic nitrogens is 1. The molecule has 2 aromatic carbocycles. The molecule has 1 aromatic heterocycles. The number of nitrogens with one attached hydrogen (secondary N) is 1. The number of nitrogens with two attached hydrogens (primary N) is 1. The first kappa shape index (κ1) is 17.3. The number of nitrogens with zero attached hydrogens (tertiary/aromatic N) is 1. The summed E-state index contributed by atoms with van der Waals surface area (Å²) >= 11 is 0. The Morgan fingerprint density at radius 2 is 1.85 bits per heavy atom. The average molecular weight is 353 g/mol. The minimum Gasteiger partial charge on any atom is -0.436 e. The number of hydrogen-bond donors (Lipinski definition) is 2. The quantitative estimate of drug-likeness (QED) is 0.737. The molecular weight excluding hydrogens is 337 g/mol. The lowest BCUT2D eigenvalue weighted by Gasteiger charge is -2.11. The largest absolute Gasteiger partial charge is 0.436 e. The van der Waals surface area contributed by atoms with Gasteiger partial charge < -0.3 is 15.5 Å². The molecule has 0 bridgehead atoms. The van der Waals surface area contributed by atoms with Gasteiger partial charge in [0.2, 0.25) is 11.8 Å². The number of primary amides is 1. The van der Waals surface area contributed by atoms with E-state index in [2.05, 4.69) is 10.3 Å². The van der Waals surface area contributed by atoms with Crippen LogP contribution in [0, 0.1) is 5.82 Å². The van der Waals surface area contributed by atoms with E-state index in [1.54, 1.807) is 36.4 Å². The van der Waals surface area contributed by atoms with Crippen LogP contribution >= 0.6 is 0 Å². The van der Waals surface area contributed by atoms with E-state index in [1.165, 1.54) is 25.3 Å². The van der Waals surface area contributed by atoms with Gasteiger partial charge in [-0.25, -0.2) is 9.37 Å². The van der Waals surface area contributed by atoms with Crippen molar-refractivity contribution in [3.63, 3.8) is 0 Å². The Hall–Kier alpha value is -3.48. The van der Waals surface area contributed by atoms with Crippen molar-refractivity contribution in [1.82, 2.24) is 10.3 Å². The second-order valence-corrected chi connectivity index (χ2v) is 5.68. The van der Waals surface area contributed by atoms with E-state index >= 15 is 0 Å². The summed E-state index contributed by atoms with van der Waals surface area (Å²) < 4.78 is 18.8. The number of rotatable bonds is 5. The molecule has 0 saturated carbocycles. The highest BCUT2D eigenvalue weighted by atomic mass is 19.1. The zero-order valence-electron chi connectivity index (χ0n) is 13.9. The summed E-state index contributed by atoms with van der Waals surface area (Å²) in [4.78, 5) is 27.8. The van der Waals surface area contributed by atoms with Crippen LogP contribution < -0.4 is 11.1 Å². The Morgan fingerprint density at radius 1 is 1.15 bits per heavy atom. The van der Waals surface area contributed by atoms with Crippen molar-refractivity contribution in [2.45, 2.75) is 13.0 Å². The van der Waals surface area contributed by atoms with Crippen LogP contribution in [0.15, 0.2) is 59.1 Å². The molecule has 7 heteroatoms. The lowest BCUT2D eigenvalue weighted by Crippen LogP contribution is -2.42. The fourth-order valence-electron chi connectivity index (χ4n) is 2.36. The van der Waals surface area contributed by atoms with Crippen LogP contribution in [0.25, 0.3) is 22.8 Å². The maximum absolute atomic E-state index is 13.1. The SMILES string of the molecule is C[C@@H](NC(=O)c1ccccc1-c1ncc(-c2ccc(F)cc2)o1)C(N)=O. The van der Waals surface area contributed by atoms with E-state index in [0.717, 1.165) is 0 Å². The molecule has 26 heavy (non-hydrogen) atoms. The minimum atomic E-state index is -0.810. The van der Waals surface area contributed by atoms with Crippen LogP contribution in [0.3, 0.4) is 0 Å². The number of hydrogen-bond acceptors (Lipinski definition) is 4. The zero-order valence-corrected chi connectivity index (χ0v) is 13.9. The van der Waals surface area contributed by atoms with Gasteiger partial charge in [0.25, 0.3) is 5.91 Å². The third-order valence-electron chi connectivity index (χ3n) is 3.81. The van der Waals surface area contributed by atoms with E-state index in [1.807, 2.05) is 0 Å². The monoisotopic (exact) mass is 353 g/mol.